The van der Waals surface area contributed by atoms with Crippen molar-refractivity contribution in [2.24, 2.45) is 5.92 Å². The minimum atomic E-state index is -1.00. The minimum Gasteiger partial charge on any atom is -0.481 e. The molecule has 114 valence electrons. The first-order valence-corrected chi connectivity index (χ1v) is 6.36. The molecule has 1 aromatic carbocycles. The fourth-order valence-electron chi connectivity index (χ4n) is 1.75. The summed E-state index contributed by atoms with van der Waals surface area (Å²) in [4.78, 5) is 33.6. The zero-order valence-corrected chi connectivity index (χ0v) is 11.8. The van der Waals surface area contributed by atoms with Crippen molar-refractivity contribution in [1.29, 1.82) is 0 Å². The summed E-state index contributed by atoms with van der Waals surface area (Å²) in [6.07, 6.45) is -0.236. The van der Waals surface area contributed by atoms with Crippen LogP contribution >= 0.6 is 0 Å². The third kappa shape index (κ3) is 6.03. The van der Waals surface area contributed by atoms with E-state index in [9.17, 15) is 18.8 Å². The molecule has 1 atom stereocenters. The number of halogens is 1. The van der Waals surface area contributed by atoms with E-state index in [0.717, 1.165) is 6.07 Å². The SMILES string of the molecule is Cc1ccc(F)cc1NC(=O)NC(=O)CC(C)CC(=O)O. The van der Waals surface area contributed by atoms with Gasteiger partial charge in [0.15, 0.2) is 0 Å². The molecule has 0 heterocycles. The molecule has 0 spiro atoms. The lowest BCUT2D eigenvalue weighted by Crippen LogP contribution is -2.35. The quantitative estimate of drug-likeness (QED) is 0.776. The van der Waals surface area contributed by atoms with E-state index in [0.29, 0.717) is 5.56 Å². The summed E-state index contributed by atoms with van der Waals surface area (Å²) in [5.41, 5.74) is 0.914. The zero-order chi connectivity index (χ0) is 16.0. The molecule has 3 amide bonds. The number of carboxylic acid groups (broad SMARTS) is 1. The molecule has 0 aromatic heterocycles. The Hall–Kier alpha value is -2.44. The smallest absolute Gasteiger partial charge is 0.325 e. The molecule has 1 rings (SSSR count). The second-order valence-electron chi connectivity index (χ2n) is 4.87. The van der Waals surface area contributed by atoms with Crippen LogP contribution in [0.25, 0.3) is 0 Å². The summed E-state index contributed by atoms with van der Waals surface area (Å²) in [5.74, 6) is -2.48. The Bertz CT molecular complexity index is 560. The van der Waals surface area contributed by atoms with Crippen LogP contribution in [-0.2, 0) is 9.59 Å². The van der Waals surface area contributed by atoms with Crippen molar-refractivity contribution in [3.05, 3.63) is 29.6 Å². The number of benzene rings is 1. The Morgan fingerprint density at radius 2 is 1.95 bits per heavy atom. The van der Waals surface area contributed by atoms with Gasteiger partial charge >= 0.3 is 12.0 Å². The van der Waals surface area contributed by atoms with E-state index in [1.165, 1.54) is 12.1 Å². The molecule has 3 N–H and O–H groups in total. The number of hydrogen-bond acceptors (Lipinski definition) is 3. The molecule has 0 aliphatic rings. The van der Waals surface area contributed by atoms with Gasteiger partial charge in [-0.05, 0) is 30.5 Å². The number of carboxylic acids is 1. The summed E-state index contributed by atoms with van der Waals surface area (Å²) < 4.78 is 13.1. The van der Waals surface area contributed by atoms with Gasteiger partial charge in [-0.3, -0.25) is 14.9 Å². The summed E-state index contributed by atoms with van der Waals surface area (Å²) >= 11 is 0. The number of carbonyl (C=O) groups is 3. The Morgan fingerprint density at radius 1 is 1.29 bits per heavy atom. The van der Waals surface area contributed by atoms with Gasteiger partial charge in [0.05, 0.1) is 0 Å². The van der Waals surface area contributed by atoms with Gasteiger partial charge in [-0.25, -0.2) is 9.18 Å². The molecule has 0 aliphatic heterocycles. The van der Waals surface area contributed by atoms with Crippen molar-refractivity contribution in [2.45, 2.75) is 26.7 Å². The van der Waals surface area contributed by atoms with Crippen LogP contribution in [0.4, 0.5) is 14.9 Å². The zero-order valence-electron chi connectivity index (χ0n) is 11.8. The first-order valence-electron chi connectivity index (χ1n) is 6.36. The maximum Gasteiger partial charge on any atom is 0.325 e. The summed E-state index contributed by atoms with van der Waals surface area (Å²) in [6, 6.07) is 3.13. The van der Waals surface area contributed by atoms with Crippen molar-refractivity contribution < 1.29 is 23.9 Å². The molecule has 7 heteroatoms. The van der Waals surface area contributed by atoms with Gasteiger partial charge in [-0.15, -0.1) is 0 Å². The Kier molecular flexibility index (Phi) is 5.83. The standard InChI is InChI=1S/C14H17FN2O4/c1-8(6-13(19)20)5-12(18)17-14(21)16-11-7-10(15)4-3-9(11)2/h3-4,7-8H,5-6H2,1-2H3,(H,19,20)(H2,16,17,18,21). The normalized spacial score (nSPS) is 11.6. The predicted molar refractivity (Wildman–Crippen MR) is 74.3 cm³/mol. The average molecular weight is 296 g/mol. The lowest BCUT2D eigenvalue weighted by atomic mass is 10.0. The number of anilines is 1. The highest BCUT2D eigenvalue weighted by Crippen LogP contribution is 2.15. The third-order valence-corrected chi connectivity index (χ3v) is 2.76. The van der Waals surface area contributed by atoms with Crippen LogP contribution in [0.2, 0.25) is 0 Å². The summed E-state index contributed by atoms with van der Waals surface area (Å²) in [7, 11) is 0. The number of aliphatic carboxylic acids is 1. The minimum absolute atomic E-state index is 0.0815. The van der Waals surface area contributed by atoms with Crippen LogP contribution in [-0.4, -0.2) is 23.0 Å². The molecule has 0 aliphatic carbocycles. The van der Waals surface area contributed by atoms with Gasteiger partial charge in [-0.1, -0.05) is 13.0 Å². The number of urea groups is 1. The molecule has 6 nitrogen and oxygen atoms in total. The van der Waals surface area contributed by atoms with E-state index in [2.05, 4.69) is 10.6 Å². The molecule has 0 radical (unpaired) electrons. The van der Waals surface area contributed by atoms with E-state index in [1.807, 2.05) is 0 Å². The van der Waals surface area contributed by atoms with Gasteiger partial charge in [0.2, 0.25) is 5.91 Å². The molecule has 21 heavy (non-hydrogen) atoms. The fraction of sp³-hybridized carbons (Fsp3) is 0.357. The van der Waals surface area contributed by atoms with Gasteiger partial charge in [0.25, 0.3) is 0 Å². The second kappa shape index (κ2) is 7.37. The van der Waals surface area contributed by atoms with E-state index in [-0.39, 0.29) is 24.4 Å². The molecule has 1 unspecified atom stereocenters. The highest BCUT2D eigenvalue weighted by Gasteiger charge is 2.15. The maximum atomic E-state index is 13.1. The Balaban J connectivity index is 2.51. The fourth-order valence-corrected chi connectivity index (χ4v) is 1.75. The van der Waals surface area contributed by atoms with Crippen LogP contribution in [0.1, 0.15) is 25.3 Å². The highest BCUT2D eigenvalue weighted by atomic mass is 19.1. The lowest BCUT2D eigenvalue weighted by Gasteiger charge is -2.11. The van der Waals surface area contributed by atoms with Crippen LogP contribution in [0.15, 0.2) is 18.2 Å². The van der Waals surface area contributed by atoms with Crippen LogP contribution < -0.4 is 10.6 Å². The average Bonchev–Trinajstić information content (AvgIpc) is 2.32. The number of nitrogens with one attached hydrogen (secondary N) is 2. The Labute approximate surface area is 121 Å². The summed E-state index contributed by atoms with van der Waals surface area (Å²) in [5, 5.41) is 13.0. The molecular formula is C14H17FN2O4. The highest BCUT2D eigenvalue weighted by molar-refractivity contribution is 6.01. The lowest BCUT2D eigenvalue weighted by molar-refractivity contribution is -0.138. The topological polar surface area (TPSA) is 95.5 Å². The number of aryl methyl sites for hydroxylation is 1. The molecule has 0 saturated carbocycles. The third-order valence-electron chi connectivity index (χ3n) is 2.76. The molecule has 0 saturated heterocycles. The number of imide groups is 1. The Morgan fingerprint density at radius 3 is 2.57 bits per heavy atom. The van der Waals surface area contributed by atoms with Crippen molar-refractivity contribution in [3.63, 3.8) is 0 Å². The van der Waals surface area contributed by atoms with E-state index < -0.39 is 23.7 Å². The van der Waals surface area contributed by atoms with E-state index in [1.54, 1.807) is 13.8 Å². The van der Waals surface area contributed by atoms with Gasteiger partial charge in [0.1, 0.15) is 5.82 Å². The first-order chi connectivity index (χ1) is 9.77. The largest absolute Gasteiger partial charge is 0.481 e. The summed E-state index contributed by atoms with van der Waals surface area (Å²) in [6.45, 7) is 3.29. The van der Waals surface area contributed by atoms with Crippen LogP contribution in [0.3, 0.4) is 0 Å². The number of hydrogen-bond donors (Lipinski definition) is 3. The second-order valence-corrected chi connectivity index (χ2v) is 4.87. The first kappa shape index (κ1) is 16.6. The number of rotatable bonds is 5. The van der Waals surface area contributed by atoms with Gasteiger partial charge in [-0.2, -0.15) is 0 Å². The number of amides is 3. The molecular weight excluding hydrogens is 279 g/mol. The van der Waals surface area contributed by atoms with Crippen LogP contribution in [0, 0.1) is 18.7 Å². The molecule has 1 aromatic rings. The maximum absolute atomic E-state index is 13.1. The van der Waals surface area contributed by atoms with E-state index >= 15 is 0 Å². The molecule has 0 bridgehead atoms. The van der Waals surface area contributed by atoms with Gasteiger partial charge < -0.3 is 10.4 Å². The van der Waals surface area contributed by atoms with Crippen molar-refractivity contribution in [2.75, 3.05) is 5.32 Å². The van der Waals surface area contributed by atoms with Gasteiger partial charge in [0, 0.05) is 18.5 Å². The van der Waals surface area contributed by atoms with Crippen molar-refractivity contribution >= 4 is 23.6 Å². The van der Waals surface area contributed by atoms with Crippen molar-refractivity contribution in [1.82, 2.24) is 5.32 Å². The van der Waals surface area contributed by atoms with Crippen molar-refractivity contribution in [3.8, 4) is 0 Å². The van der Waals surface area contributed by atoms with E-state index in [4.69, 9.17) is 5.11 Å². The monoisotopic (exact) mass is 296 g/mol. The number of carbonyl (C=O) groups excluding carboxylic acids is 2. The van der Waals surface area contributed by atoms with Crippen LogP contribution in [0.5, 0.6) is 0 Å². The predicted octanol–water partition coefficient (Wildman–Crippen LogP) is 2.28. The molecule has 0 fully saturated rings.